The average molecular weight is 563 g/mol. The van der Waals surface area contributed by atoms with Gasteiger partial charge in [0.25, 0.3) is 0 Å². The summed E-state index contributed by atoms with van der Waals surface area (Å²) in [5, 5.41) is 1.05. The van der Waals surface area contributed by atoms with Gasteiger partial charge < -0.3 is 4.98 Å². The molecule has 5 rings (SSSR count). The van der Waals surface area contributed by atoms with Crippen LogP contribution in [0.5, 0.6) is 0 Å². The molecule has 3 heterocycles. The van der Waals surface area contributed by atoms with E-state index in [4.69, 9.17) is 0 Å². The van der Waals surface area contributed by atoms with E-state index in [1.807, 2.05) is 26.1 Å². The van der Waals surface area contributed by atoms with Crippen molar-refractivity contribution >= 4 is 36.6 Å². The normalized spacial score (nSPS) is 22.7. The van der Waals surface area contributed by atoms with Crippen LogP contribution in [0.1, 0.15) is 50.7 Å². The minimum atomic E-state index is -3.76. The summed E-state index contributed by atoms with van der Waals surface area (Å²) in [6.07, 6.45) is 4.99. The summed E-state index contributed by atoms with van der Waals surface area (Å²) in [4.78, 5) is 5.70. The van der Waals surface area contributed by atoms with Crippen molar-refractivity contribution in [2.45, 2.75) is 63.1 Å². The van der Waals surface area contributed by atoms with Crippen LogP contribution in [0, 0.1) is 5.82 Å². The van der Waals surface area contributed by atoms with E-state index in [1.54, 1.807) is 12.1 Å². The maximum atomic E-state index is 13.6. The highest BCUT2D eigenvalue weighted by atomic mass is 32.2. The number of nitrogens with one attached hydrogen (secondary N) is 1. The second-order valence-electron chi connectivity index (χ2n) is 10.8. The van der Waals surface area contributed by atoms with Crippen molar-refractivity contribution in [3.05, 3.63) is 59.5 Å². The van der Waals surface area contributed by atoms with Crippen LogP contribution >= 0.6 is 0 Å². The first-order chi connectivity index (χ1) is 17.9. The Bertz CT molecular complexity index is 1570. The molecule has 8 nitrogen and oxygen atoms in total. The standard InChI is InChI=1S/C27H35FN4O4S2/c1-18(2)32-17-21-14-23(37(4,33)34)6-8-27(21)31(38(32,35)36)12-11-30-10-9-20(13-19(30)3)25-16-29-26-15-22(28)5-7-24(25)26/h5-8,14-16,18-20,29H,9-13,17H2,1-4H3/t19-,20+/m1/s1. The molecule has 0 saturated carbocycles. The maximum absolute atomic E-state index is 13.6. The Hall–Kier alpha value is -2.47. The fourth-order valence-electron chi connectivity index (χ4n) is 5.86. The van der Waals surface area contributed by atoms with E-state index in [2.05, 4.69) is 16.8 Å². The lowest BCUT2D eigenvalue weighted by Crippen LogP contribution is -2.53. The number of hydrogen-bond donors (Lipinski definition) is 1. The number of aromatic amines is 1. The molecular formula is C27H35FN4O4S2. The number of likely N-dealkylation sites (tertiary alicyclic amines) is 1. The molecule has 0 amide bonds. The summed E-state index contributed by atoms with van der Waals surface area (Å²) in [5.41, 5.74) is 3.24. The highest BCUT2D eigenvalue weighted by molar-refractivity contribution is 7.91. The topological polar surface area (TPSA) is 93.8 Å². The molecule has 0 aliphatic carbocycles. The van der Waals surface area contributed by atoms with Gasteiger partial charge in [-0.2, -0.15) is 12.7 Å². The molecule has 1 saturated heterocycles. The van der Waals surface area contributed by atoms with Crippen molar-refractivity contribution in [1.82, 2.24) is 14.2 Å². The first kappa shape index (κ1) is 27.1. The maximum Gasteiger partial charge on any atom is 0.304 e. The Morgan fingerprint density at radius 2 is 1.89 bits per heavy atom. The lowest BCUT2D eigenvalue weighted by molar-refractivity contribution is 0.151. The number of benzene rings is 2. The number of H-pyrrole nitrogens is 1. The second-order valence-corrected chi connectivity index (χ2v) is 14.6. The Morgan fingerprint density at radius 1 is 1.13 bits per heavy atom. The van der Waals surface area contributed by atoms with Crippen molar-refractivity contribution in [2.24, 2.45) is 0 Å². The summed E-state index contributed by atoms with van der Waals surface area (Å²) < 4.78 is 68.0. The highest BCUT2D eigenvalue weighted by Gasteiger charge is 2.39. The minimum absolute atomic E-state index is 0.144. The molecule has 2 aliphatic rings. The molecule has 0 bridgehead atoms. The SMILES string of the molecule is CC(C)N1Cc2cc(S(C)(=O)=O)ccc2N(CCN2CC[C@H](c3c[nH]c4cc(F)ccc34)C[C@H]2C)S1(=O)=O. The van der Waals surface area contributed by atoms with E-state index in [-0.39, 0.29) is 35.9 Å². The molecule has 0 unspecified atom stereocenters. The van der Waals surface area contributed by atoms with E-state index in [1.165, 1.54) is 32.4 Å². The van der Waals surface area contributed by atoms with E-state index in [0.717, 1.165) is 36.5 Å². The number of anilines is 1. The van der Waals surface area contributed by atoms with Crippen LogP contribution in [0.2, 0.25) is 0 Å². The molecule has 38 heavy (non-hydrogen) atoms. The van der Waals surface area contributed by atoms with Crippen LogP contribution in [-0.2, 0) is 26.6 Å². The van der Waals surface area contributed by atoms with E-state index >= 15 is 0 Å². The molecule has 2 aliphatic heterocycles. The Kier molecular flexibility index (Phi) is 7.08. The zero-order chi connectivity index (χ0) is 27.4. The summed E-state index contributed by atoms with van der Waals surface area (Å²) in [5.74, 6) is 0.0812. The molecule has 2 aromatic carbocycles. The third-order valence-corrected chi connectivity index (χ3v) is 11.1. The fourth-order valence-corrected chi connectivity index (χ4v) is 8.36. The lowest BCUT2D eigenvalue weighted by atomic mass is 9.85. The van der Waals surface area contributed by atoms with Gasteiger partial charge in [-0.15, -0.1) is 0 Å². The van der Waals surface area contributed by atoms with Crippen LogP contribution in [0.4, 0.5) is 10.1 Å². The van der Waals surface area contributed by atoms with Gasteiger partial charge in [0.1, 0.15) is 5.82 Å². The van der Waals surface area contributed by atoms with Crippen molar-refractivity contribution in [3.8, 4) is 0 Å². The molecule has 1 N–H and O–H groups in total. The molecule has 0 spiro atoms. The summed E-state index contributed by atoms with van der Waals surface area (Å²) in [6.45, 7) is 7.62. The van der Waals surface area contributed by atoms with Gasteiger partial charge >= 0.3 is 10.2 Å². The Labute approximate surface area is 224 Å². The van der Waals surface area contributed by atoms with Crippen molar-refractivity contribution in [3.63, 3.8) is 0 Å². The number of sulfone groups is 1. The highest BCUT2D eigenvalue weighted by Crippen LogP contribution is 2.37. The van der Waals surface area contributed by atoms with Gasteiger partial charge in [-0.3, -0.25) is 9.21 Å². The van der Waals surface area contributed by atoms with Crippen LogP contribution in [0.25, 0.3) is 10.9 Å². The number of aromatic nitrogens is 1. The third-order valence-electron chi connectivity index (χ3n) is 7.94. The van der Waals surface area contributed by atoms with Gasteiger partial charge in [0.05, 0.1) is 10.6 Å². The molecular weight excluding hydrogens is 527 g/mol. The molecule has 0 radical (unpaired) electrons. The summed E-state index contributed by atoms with van der Waals surface area (Å²) in [7, 11) is -7.17. The molecule has 1 fully saturated rings. The van der Waals surface area contributed by atoms with Crippen molar-refractivity contribution in [2.75, 3.05) is 30.2 Å². The predicted molar refractivity (Wildman–Crippen MR) is 148 cm³/mol. The fraction of sp³-hybridized carbons (Fsp3) is 0.481. The third kappa shape index (κ3) is 4.97. The summed E-state index contributed by atoms with van der Waals surface area (Å²) in [6, 6.07) is 9.53. The Balaban J connectivity index is 1.34. The summed E-state index contributed by atoms with van der Waals surface area (Å²) >= 11 is 0. The Morgan fingerprint density at radius 3 is 2.58 bits per heavy atom. The van der Waals surface area contributed by atoms with Crippen LogP contribution in [-0.4, -0.2) is 69.0 Å². The van der Waals surface area contributed by atoms with Crippen molar-refractivity contribution in [1.29, 1.82) is 0 Å². The molecule has 206 valence electrons. The number of fused-ring (bicyclic) bond motifs is 2. The zero-order valence-electron chi connectivity index (χ0n) is 22.2. The van der Waals surface area contributed by atoms with Gasteiger partial charge in [-0.1, -0.05) is 0 Å². The van der Waals surface area contributed by atoms with E-state index in [0.29, 0.717) is 23.7 Å². The van der Waals surface area contributed by atoms with Crippen LogP contribution in [0.15, 0.2) is 47.5 Å². The van der Waals surface area contributed by atoms with Crippen LogP contribution in [0.3, 0.4) is 0 Å². The van der Waals surface area contributed by atoms with Gasteiger partial charge in [-0.05, 0) is 93.6 Å². The number of piperidine rings is 1. The first-order valence-electron chi connectivity index (χ1n) is 13.0. The van der Waals surface area contributed by atoms with Gasteiger partial charge in [0, 0.05) is 55.1 Å². The molecule has 3 aromatic rings. The second kappa shape index (κ2) is 9.93. The quantitative estimate of drug-likeness (QED) is 0.485. The van der Waals surface area contributed by atoms with Crippen LogP contribution < -0.4 is 4.31 Å². The van der Waals surface area contributed by atoms with E-state index < -0.39 is 20.0 Å². The number of rotatable bonds is 6. The lowest BCUT2D eigenvalue weighted by Gasteiger charge is -2.42. The molecule has 1 aromatic heterocycles. The van der Waals surface area contributed by atoms with Gasteiger partial charge in [0.15, 0.2) is 9.84 Å². The monoisotopic (exact) mass is 562 g/mol. The zero-order valence-corrected chi connectivity index (χ0v) is 23.8. The molecule has 2 atom stereocenters. The van der Waals surface area contributed by atoms with Gasteiger partial charge in [-0.25, -0.2) is 12.8 Å². The van der Waals surface area contributed by atoms with E-state index in [9.17, 15) is 21.2 Å². The first-order valence-corrected chi connectivity index (χ1v) is 16.3. The van der Waals surface area contributed by atoms with Gasteiger partial charge in [0.2, 0.25) is 0 Å². The largest absolute Gasteiger partial charge is 0.361 e. The number of nitrogens with zero attached hydrogens (tertiary/aromatic N) is 3. The number of hydrogen-bond acceptors (Lipinski definition) is 5. The minimum Gasteiger partial charge on any atom is -0.361 e. The van der Waals surface area contributed by atoms with Crippen molar-refractivity contribution < 1.29 is 21.2 Å². The molecule has 11 heteroatoms. The average Bonchev–Trinajstić information content (AvgIpc) is 3.25. The smallest absolute Gasteiger partial charge is 0.304 e. The predicted octanol–water partition coefficient (Wildman–Crippen LogP) is 4.25. The number of halogens is 1.